The first-order valence-electron chi connectivity index (χ1n) is 22.0. The topological polar surface area (TPSA) is 40.3 Å². The monoisotopic (exact) mass is 673 g/mol. The lowest BCUT2D eigenvalue weighted by atomic mass is 10.1. The van der Waals surface area contributed by atoms with Gasteiger partial charge in [0, 0.05) is 26.2 Å². The average molecular weight is 673 g/mol. The van der Waals surface area contributed by atoms with Crippen molar-refractivity contribution in [2.45, 2.75) is 226 Å². The zero-order chi connectivity index (χ0) is 34.7. The molecule has 0 fully saturated rings. The molecule has 0 rings (SSSR count). The van der Waals surface area contributed by atoms with Crippen LogP contribution in [-0.2, 0) is 0 Å². The highest BCUT2D eigenvalue weighted by atomic mass is 15.1. The van der Waals surface area contributed by atoms with Crippen molar-refractivity contribution >= 4 is 18.6 Å². The van der Waals surface area contributed by atoms with Gasteiger partial charge in [-0.05, 0) is 63.6 Å². The summed E-state index contributed by atoms with van der Waals surface area (Å²) in [5.74, 6) is 0. The normalized spacial score (nSPS) is 12.2. The minimum atomic E-state index is 0.918. The Morgan fingerprint density at radius 1 is 0.292 bits per heavy atom. The number of unbranched alkanes of at least 4 members (excludes halogenated alkanes) is 28. The van der Waals surface area contributed by atoms with E-state index in [4.69, 9.17) is 15.0 Å². The second-order valence-corrected chi connectivity index (χ2v) is 14.7. The highest BCUT2D eigenvalue weighted by Crippen LogP contribution is 2.12. The van der Waals surface area contributed by atoms with E-state index in [-0.39, 0.29) is 0 Å². The summed E-state index contributed by atoms with van der Waals surface area (Å²) < 4.78 is 0. The van der Waals surface area contributed by atoms with Gasteiger partial charge in [-0.15, -0.1) is 0 Å². The van der Waals surface area contributed by atoms with Crippen LogP contribution in [0.3, 0.4) is 0 Å². The van der Waals surface area contributed by atoms with Gasteiger partial charge in [0.2, 0.25) is 0 Å². The van der Waals surface area contributed by atoms with Crippen LogP contribution in [0.2, 0.25) is 0 Å². The molecule has 0 heterocycles. The van der Waals surface area contributed by atoms with E-state index in [1.165, 1.54) is 180 Å². The van der Waals surface area contributed by atoms with Gasteiger partial charge in [-0.2, -0.15) is 0 Å². The molecule has 0 saturated carbocycles. The number of nitrogens with zero attached hydrogens (tertiary/aromatic N) is 4. The molecule has 0 spiro atoms. The predicted molar refractivity (Wildman–Crippen MR) is 221 cm³/mol. The number of hydrogen-bond donors (Lipinski definition) is 0. The van der Waals surface area contributed by atoms with Crippen molar-refractivity contribution in [2.24, 2.45) is 15.0 Å². The van der Waals surface area contributed by atoms with E-state index < -0.39 is 0 Å². The number of hydrogen-bond acceptors (Lipinski definition) is 4. The lowest BCUT2D eigenvalue weighted by Gasteiger charge is -2.20. The molecule has 4 nitrogen and oxygen atoms in total. The molecule has 0 aliphatic rings. The van der Waals surface area contributed by atoms with Gasteiger partial charge in [-0.25, -0.2) is 0 Å². The van der Waals surface area contributed by atoms with Crippen LogP contribution in [-0.4, -0.2) is 62.8 Å². The van der Waals surface area contributed by atoms with Gasteiger partial charge in [0.1, 0.15) is 0 Å². The molecule has 0 aromatic rings. The fraction of sp³-hybridized carbons (Fsp3) is 0.932. The third-order valence-electron chi connectivity index (χ3n) is 9.80. The van der Waals surface area contributed by atoms with Crippen molar-refractivity contribution < 1.29 is 0 Å². The van der Waals surface area contributed by atoms with Crippen LogP contribution in [0.15, 0.2) is 15.0 Å². The molecular formula is C44H88N4. The number of aliphatic imine (C=N–C) groups is 3. The Labute approximate surface area is 303 Å². The summed E-state index contributed by atoms with van der Waals surface area (Å²) in [7, 11) is 0. The van der Waals surface area contributed by atoms with Crippen LogP contribution in [0.5, 0.6) is 0 Å². The second kappa shape index (κ2) is 44.0. The van der Waals surface area contributed by atoms with E-state index in [1.807, 2.05) is 0 Å². The molecular weight excluding hydrogens is 585 g/mol. The molecule has 284 valence electrons. The van der Waals surface area contributed by atoms with Gasteiger partial charge in [0.05, 0.1) is 13.1 Å². The summed E-state index contributed by atoms with van der Waals surface area (Å²) in [5.41, 5.74) is 0. The average Bonchev–Trinajstić information content (AvgIpc) is 3.10. The fourth-order valence-corrected chi connectivity index (χ4v) is 6.48. The zero-order valence-corrected chi connectivity index (χ0v) is 33.4. The highest BCUT2D eigenvalue weighted by molar-refractivity contribution is 5.57. The maximum atomic E-state index is 4.78. The highest BCUT2D eigenvalue weighted by Gasteiger charge is 2.03. The molecule has 0 unspecified atom stereocenters. The third kappa shape index (κ3) is 41.1. The zero-order valence-electron chi connectivity index (χ0n) is 33.4. The Balaban J connectivity index is 4.12. The van der Waals surface area contributed by atoms with Crippen LogP contribution in [0, 0.1) is 0 Å². The lowest BCUT2D eigenvalue weighted by molar-refractivity contribution is 0.288. The Kier molecular flexibility index (Phi) is 43.0. The first-order valence-corrected chi connectivity index (χ1v) is 22.0. The quantitative estimate of drug-likeness (QED) is 0.0470. The maximum Gasteiger partial charge on any atom is 0.0512 e. The molecule has 0 aromatic heterocycles. The standard InChI is InChI=1S/C44H88N4/c1-4-7-10-13-16-19-22-25-28-31-34-38-47-41-44-48(43-40-46-37-33-30-27-24-21-18-15-12-9-6-3)42-35-39-45-36-32-29-26-23-20-17-14-11-8-5-2/h36-38H,4-35,39-44H2,1-3H3. The lowest BCUT2D eigenvalue weighted by Crippen LogP contribution is -2.30. The molecule has 0 aliphatic carbocycles. The summed E-state index contributed by atoms with van der Waals surface area (Å²) in [4.78, 5) is 16.9. The van der Waals surface area contributed by atoms with Crippen LogP contribution in [0.1, 0.15) is 226 Å². The van der Waals surface area contributed by atoms with E-state index in [0.29, 0.717) is 0 Å². The molecule has 0 bridgehead atoms. The molecule has 4 heteroatoms. The smallest absolute Gasteiger partial charge is 0.0512 e. The Hall–Kier alpha value is -1.03. The van der Waals surface area contributed by atoms with Crippen LogP contribution < -0.4 is 0 Å². The van der Waals surface area contributed by atoms with Gasteiger partial charge in [0.25, 0.3) is 0 Å². The first-order chi connectivity index (χ1) is 23.8. The van der Waals surface area contributed by atoms with Gasteiger partial charge in [0.15, 0.2) is 0 Å². The summed E-state index contributed by atoms with van der Waals surface area (Å²) in [6.45, 7) is 12.9. The van der Waals surface area contributed by atoms with Gasteiger partial charge < -0.3 is 0 Å². The first kappa shape index (κ1) is 47.0. The van der Waals surface area contributed by atoms with Crippen molar-refractivity contribution in [3.63, 3.8) is 0 Å². The minimum Gasteiger partial charge on any atom is -0.300 e. The molecule has 48 heavy (non-hydrogen) atoms. The van der Waals surface area contributed by atoms with E-state index in [2.05, 4.69) is 44.3 Å². The molecule has 0 aromatic carbocycles. The van der Waals surface area contributed by atoms with Crippen LogP contribution in [0.25, 0.3) is 0 Å². The van der Waals surface area contributed by atoms with Crippen molar-refractivity contribution in [3.8, 4) is 0 Å². The summed E-state index contributed by atoms with van der Waals surface area (Å²) >= 11 is 0. The maximum absolute atomic E-state index is 4.78. The molecule has 0 saturated heterocycles. The van der Waals surface area contributed by atoms with Crippen molar-refractivity contribution in [2.75, 3.05) is 39.3 Å². The summed E-state index contributed by atoms with van der Waals surface area (Å²) in [6.07, 6.45) is 50.2. The van der Waals surface area contributed by atoms with E-state index in [9.17, 15) is 0 Å². The number of rotatable bonds is 41. The van der Waals surface area contributed by atoms with Gasteiger partial charge in [-0.1, -0.05) is 181 Å². The second-order valence-electron chi connectivity index (χ2n) is 14.7. The van der Waals surface area contributed by atoms with Crippen molar-refractivity contribution in [1.29, 1.82) is 0 Å². The molecule has 0 N–H and O–H groups in total. The Morgan fingerprint density at radius 2 is 0.562 bits per heavy atom. The summed E-state index contributed by atoms with van der Waals surface area (Å²) in [5, 5.41) is 0. The van der Waals surface area contributed by atoms with Crippen LogP contribution in [0.4, 0.5) is 0 Å². The Bertz CT molecular complexity index is 658. The Morgan fingerprint density at radius 3 is 0.875 bits per heavy atom. The van der Waals surface area contributed by atoms with E-state index in [0.717, 1.165) is 65.0 Å². The predicted octanol–water partition coefficient (Wildman–Crippen LogP) is 14.0. The fourth-order valence-electron chi connectivity index (χ4n) is 6.48. The van der Waals surface area contributed by atoms with Crippen molar-refractivity contribution in [3.05, 3.63) is 0 Å². The molecule has 0 amide bonds. The largest absolute Gasteiger partial charge is 0.300 e. The minimum absolute atomic E-state index is 0.918. The SMILES string of the molecule is CCCCCCCCCCCC=NCCCN(CCN=CCCCCCCCCCCC)CCN=CCCCCCCCCCCCC. The molecule has 0 aliphatic heterocycles. The molecule has 0 atom stereocenters. The van der Waals surface area contributed by atoms with Gasteiger partial charge >= 0.3 is 0 Å². The third-order valence-corrected chi connectivity index (χ3v) is 9.80. The van der Waals surface area contributed by atoms with Crippen molar-refractivity contribution in [1.82, 2.24) is 4.90 Å². The van der Waals surface area contributed by atoms with Crippen LogP contribution >= 0.6 is 0 Å². The summed E-state index contributed by atoms with van der Waals surface area (Å²) in [6, 6.07) is 0. The molecule has 0 radical (unpaired) electrons. The van der Waals surface area contributed by atoms with Gasteiger partial charge in [-0.3, -0.25) is 19.9 Å². The van der Waals surface area contributed by atoms with E-state index in [1.54, 1.807) is 0 Å². The van der Waals surface area contributed by atoms with E-state index >= 15 is 0 Å².